The summed E-state index contributed by atoms with van der Waals surface area (Å²) in [6, 6.07) is 53.9. The van der Waals surface area contributed by atoms with Gasteiger partial charge in [0, 0.05) is 28.0 Å². The molecule has 0 bridgehead atoms. The average Bonchev–Trinajstić information content (AvgIpc) is 3.48. The summed E-state index contributed by atoms with van der Waals surface area (Å²) in [6.45, 7) is 0.701. The van der Waals surface area contributed by atoms with Crippen LogP contribution < -0.4 is 10.2 Å². The second-order valence-corrected chi connectivity index (χ2v) is 11.0. The number of rotatable bonds is 6. The zero-order chi connectivity index (χ0) is 29.3. The van der Waals surface area contributed by atoms with Crippen LogP contribution in [0.2, 0.25) is 0 Å². The Kier molecular flexibility index (Phi) is 6.54. The summed E-state index contributed by atoms with van der Waals surface area (Å²) in [5.41, 5.74) is 12.6. The first kappa shape index (κ1) is 25.9. The molecule has 0 amide bonds. The molecule has 0 saturated carbocycles. The largest absolute Gasteiger partial charge is 0.459 e. The second kappa shape index (κ2) is 11.1. The van der Waals surface area contributed by atoms with Gasteiger partial charge in [-0.2, -0.15) is 0 Å². The van der Waals surface area contributed by atoms with Crippen LogP contribution in [0.15, 0.2) is 162 Å². The number of nitrogens with zero attached hydrogens (tertiary/aromatic N) is 1. The zero-order valence-electron chi connectivity index (χ0n) is 24.2. The molecular formula is C41H30N2O. The van der Waals surface area contributed by atoms with Gasteiger partial charge in [0.05, 0.1) is 6.54 Å². The SMILES string of the molecule is C1=Cc2c(oc3ccc(N(c4ccc(-c5ccccc5)cc4)c4ccc(-c5ccccc5-c5ccccc5)cc4)cc23)CN1. The smallest absolute Gasteiger partial charge is 0.135 e. The van der Waals surface area contributed by atoms with Crippen LogP contribution in [0.1, 0.15) is 11.3 Å². The molecule has 1 aliphatic rings. The maximum atomic E-state index is 6.18. The van der Waals surface area contributed by atoms with Crippen molar-refractivity contribution in [1.29, 1.82) is 0 Å². The maximum absolute atomic E-state index is 6.18. The Labute approximate surface area is 257 Å². The van der Waals surface area contributed by atoms with Crippen LogP contribution in [0.25, 0.3) is 50.4 Å². The van der Waals surface area contributed by atoms with Crippen LogP contribution >= 0.6 is 0 Å². The zero-order valence-corrected chi connectivity index (χ0v) is 24.2. The molecule has 3 nitrogen and oxygen atoms in total. The molecule has 0 radical (unpaired) electrons. The highest BCUT2D eigenvalue weighted by Gasteiger charge is 2.19. The van der Waals surface area contributed by atoms with Gasteiger partial charge in [0.15, 0.2) is 0 Å². The molecular weight excluding hydrogens is 536 g/mol. The molecule has 0 aliphatic carbocycles. The van der Waals surface area contributed by atoms with Crippen molar-refractivity contribution >= 4 is 34.1 Å². The fourth-order valence-corrected chi connectivity index (χ4v) is 6.18. The second-order valence-electron chi connectivity index (χ2n) is 11.0. The van der Waals surface area contributed by atoms with E-state index in [1.165, 1.54) is 33.4 Å². The molecule has 0 spiro atoms. The number of nitrogens with one attached hydrogen (secondary N) is 1. The molecule has 3 heteroatoms. The van der Waals surface area contributed by atoms with E-state index in [2.05, 4.69) is 168 Å². The van der Waals surface area contributed by atoms with Gasteiger partial charge in [-0.3, -0.25) is 0 Å². The third kappa shape index (κ3) is 4.75. The molecule has 1 N–H and O–H groups in total. The lowest BCUT2D eigenvalue weighted by atomic mass is 9.94. The monoisotopic (exact) mass is 566 g/mol. The minimum Gasteiger partial charge on any atom is -0.459 e. The summed E-state index contributed by atoms with van der Waals surface area (Å²) in [4.78, 5) is 2.32. The van der Waals surface area contributed by atoms with Crippen LogP contribution in [-0.4, -0.2) is 0 Å². The van der Waals surface area contributed by atoms with Crippen molar-refractivity contribution < 1.29 is 4.42 Å². The van der Waals surface area contributed by atoms with Gasteiger partial charge in [0.2, 0.25) is 0 Å². The van der Waals surface area contributed by atoms with Gasteiger partial charge >= 0.3 is 0 Å². The summed E-state index contributed by atoms with van der Waals surface area (Å²) in [5.74, 6) is 0.972. The van der Waals surface area contributed by atoms with Crippen molar-refractivity contribution in [3.63, 3.8) is 0 Å². The summed E-state index contributed by atoms with van der Waals surface area (Å²) in [7, 11) is 0. The van der Waals surface area contributed by atoms with Gasteiger partial charge in [-0.05, 0) is 88.1 Å². The Morgan fingerprint density at radius 1 is 0.500 bits per heavy atom. The van der Waals surface area contributed by atoms with E-state index >= 15 is 0 Å². The topological polar surface area (TPSA) is 28.4 Å². The van der Waals surface area contributed by atoms with Crippen LogP contribution in [0.4, 0.5) is 17.1 Å². The normalized spacial score (nSPS) is 12.1. The van der Waals surface area contributed by atoms with E-state index in [1.54, 1.807) is 0 Å². The van der Waals surface area contributed by atoms with Crippen LogP contribution in [-0.2, 0) is 6.54 Å². The average molecular weight is 567 g/mol. The number of benzene rings is 6. The van der Waals surface area contributed by atoms with Crippen molar-refractivity contribution in [3.05, 3.63) is 169 Å². The summed E-state index contributed by atoms with van der Waals surface area (Å²) < 4.78 is 6.18. The lowest BCUT2D eigenvalue weighted by Crippen LogP contribution is -2.10. The highest BCUT2D eigenvalue weighted by molar-refractivity contribution is 5.94. The molecule has 6 aromatic carbocycles. The molecule has 1 aliphatic heterocycles. The predicted molar refractivity (Wildman–Crippen MR) is 183 cm³/mol. The standard InChI is InChI=1S/C41H30N2O/c1-3-9-29(10-4-1)30-15-19-33(20-16-30)43(35-23-24-40-39(27-35)38-25-26-42-28-41(38)44-40)34-21-17-32(18-22-34)37-14-8-7-13-36(37)31-11-5-2-6-12-31/h1-27,42H,28H2. The lowest BCUT2D eigenvalue weighted by molar-refractivity contribution is 0.532. The molecule has 7 aromatic rings. The Morgan fingerprint density at radius 3 is 1.68 bits per heavy atom. The molecule has 210 valence electrons. The summed E-state index contributed by atoms with van der Waals surface area (Å²) >= 11 is 0. The molecule has 44 heavy (non-hydrogen) atoms. The molecule has 0 fully saturated rings. The number of anilines is 3. The Balaban J connectivity index is 1.23. The molecule has 2 heterocycles. The number of hydrogen-bond donors (Lipinski definition) is 1. The van der Waals surface area contributed by atoms with E-state index in [0.29, 0.717) is 6.54 Å². The van der Waals surface area contributed by atoms with E-state index in [-0.39, 0.29) is 0 Å². The highest BCUT2D eigenvalue weighted by atomic mass is 16.3. The Morgan fingerprint density at radius 2 is 1.02 bits per heavy atom. The van der Waals surface area contributed by atoms with Crippen LogP contribution in [0.5, 0.6) is 0 Å². The molecule has 0 unspecified atom stereocenters. The number of fused-ring (bicyclic) bond motifs is 3. The summed E-state index contributed by atoms with van der Waals surface area (Å²) in [5, 5.41) is 4.38. The minimum atomic E-state index is 0.701. The quantitative estimate of drug-likeness (QED) is 0.217. The predicted octanol–water partition coefficient (Wildman–Crippen LogP) is 11.0. The van der Waals surface area contributed by atoms with Crippen molar-refractivity contribution in [2.45, 2.75) is 6.54 Å². The maximum Gasteiger partial charge on any atom is 0.135 e. The van der Waals surface area contributed by atoms with Crippen molar-refractivity contribution in [2.24, 2.45) is 0 Å². The molecule has 1 aromatic heterocycles. The molecule has 0 atom stereocenters. The van der Waals surface area contributed by atoms with E-state index in [9.17, 15) is 0 Å². The van der Waals surface area contributed by atoms with Crippen molar-refractivity contribution in [2.75, 3.05) is 4.90 Å². The van der Waals surface area contributed by atoms with Gasteiger partial charge < -0.3 is 14.6 Å². The summed E-state index contributed by atoms with van der Waals surface area (Å²) in [6.07, 6.45) is 4.10. The number of furan rings is 1. The molecule has 8 rings (SSSR count). The Hall–Kier alpha value is -5.80. The molecule has 0 saturated heterocycles. The van der Waals surface area contributed by atoms with Crippen LogP contribution in [0.3, 0.4) is 0 Å². The highest BCUT2D eigenvalue weighted by Crippen LogP contribution is 2.40. The fraction of sp³-hybridized carbons (Fsp3) is 0.0244. The first-order valence-electron chi connectivity index (χ1n) is 15.0. The van der Waals surface area contributed by atoms with Gasteiger partial charge in [-0.15, -0.1) is 0 Å². The lowest BCUT2D eigenvalue weighted by Gasteiger charge is -2.26. The fourth-order valence-electron chi connectivity index (χ4n) is 6.18. The van der Waals surface area contributed by atoms with E-state index in [1.807, 2.05) is 6.20 Å². The first-order chi connectivity index (χ1) is 21.8. The first-order valence-corrected chi connectivity index (χ1v) is 15.0. The van der Waals surface area contributed by atoms with Crippen molar-refractivity contribution in [1.82, 2.24) is 5.32 Å². The third-order valence-electron chi connectivity index (χ3n) is 8.36. The van der Waals surface area contributed by atoms with Crippen LogP contribution in [0, 0.1) is 0 Å². The van der Waals surface area contributed by atoms with E-state index < -0.39 is 0 Å². The van der Waals surface area contributed by atoms with E-state index in [4.69, 9.17) is 4.42 Å². The van der Waals surface area contributed by atoms with E-state index in [0.717, 1.165) is 39.4 Å². The minimum absolute atomic E-state index is 0.701. The number of hydrogen-bond acceptors (Lipinski definition) is 3. The Bertz CT molecular complexity index is 2090. The van der Waals surface area contributed by atoms with Crippen molar-refractivity contribution in [3.8, 4) is 33.4 Å². The van der Waals surface area contributed by atoms with Gasteiger partial charge in [0.1, 0.15) is 11.3 Å². The third-order valence-corrected chi connectivity index (χ3v) is 8.36. The van der Waals surface area contributed by atoms with Gasteiger partial charge in [-0.25, -0.2) is 0 Å². The van der Waals surface area contributed by atoms with Gasteiger partial charge in [0.25, 0.3) is 0 Å². The van der Waals surface area contributed by atoms with Gasteiger partial charge in [-0.1, -0.05) is 109 Å².